The molecule has 124 valence electrons. The van der Waals surface area contributed by atoms with Crippen molar-refractivity contribution in [3.63, 3.8) is 0 Å². The first kappa shape index (κ1) is 15.9. The van der Waals surface area contributed by atoms with Gasteiger partial charge in [-0.2, -0.15) is 13.2 Å². The van der Waals surface area contributed by atoms with Gasteiger partial charge >= 0.3 is 6.18 Å². The van der Waals surface area contributed by atoms with Crippen LogP contribution in [0.15, 0.2) is 29.1 Å². The van der Waals surface area contributed by atoms with Crippen molar-refractivity contribution in [2.45, 2.75) is 51.4 Å². The van der Waals surface area contributed by atoms with E-state index in [0.717, 1.165) is 24.9 Å². The second-order valence-electron chi connectivity index (χ2n) is 6.31. The summed E-state index contributed by atoms with van der Waals surface area (Å²) in [7, 11) is 0. The van der Waals surface area contributed by atoms with Crippen LogP contribution < -0.4 is 10.5 Å². The molecule has 2 atom stereocenters. The number of fused-ring (bicyclic) bond motifs is 1. The lowest BCUT2D eigenvalue weighted by molar-refractivity contribution is -0.136. The van der Waals surface area contributed by atoms with Crippen LogP contribution in [0.3, 0.4) is 0 Å². The second-order valence-corrected chi connectivity index (χ2v) is 6.31. The molecule has 2 heterocycles. The highest BCUT2D eigenvalue weighted by Crippen LogP contribution is 2.36. The first-order chi connectivity index (χ1) is 10.8. The summed E-state index contributed by atoms with van der Waals surface area (Å²) in [6, 6.07) is 6.11. The number of H-pyrrole nitrogens is 1. The molecule has 1 aromatic carbocycles. The molecule has 23 heavy (non-hydrogen) atoms. The van der Waals surface area contributed by atoms with Gasteiger partial charge in [0.25, 0.3) is 0 Å². The molecule has 3 rings (SSSR count). The van der Waals surface area contributed by atoms with E-state index in [2.05, 4.69) is 23.7 Å². The number of hydrogen-bond donors (Lipinski definition) is 1. The Morgan fingerprint density at radius 2 is 1.78 bits per heavy atom. The maximum absolute atomic E-state index is 13.3. The number of hydrogen-bond acceptors (Lipinski definition) is 2. The number of pyridine rings is 1. The average molecular weight is 324 g/mol. The summed E-state index contributed by atoms with van der Waals surface area (Å²) in [6.45, 7) is 4.19. The summed E-state index contributed by atoms with van der Waals surface area (Å²) in [5, 5.41) is 0.0413. The van der Waals surface area contributed by atoms with Gasteiger partial charge in [-0.3, -0.25) is 4.79 Å². The van der Waals surface area contributed by atoms with Gasteiger partial charge in [0.1, 0.15) is 0 Å². The molecule has 1 aliphatic rings. The van der Waals surface area contributed by atoms with Crippen molar-refractivity contribution < 1.29 is 13.2 Å². The second kappa shape index (κ2) is 5.58. The molecule has 0 radical (unpaired) electrons. The van der Waals surface area contributed by atoms with Gasteiger partial charge in [0, 0.05) is 34.7 Å². The lowest BCUT2D eigenvalue weighted by atomic mass is 9.96. The third kappa shape index (κ3) is 2.94. The quantitative estimate of drug-likeness (QED) is 0.848. The fourth-order valence-electron chi connectivity index (χ4n) is 3.57. The lowest BCUT2D eigenvalue weighted by Crippen LogP contribution is -2.43. The maximum atomic E-state index is 13.3. The molecule has 1 fully saturated rings. The van der Waals surface area contributed by atoms with E-state index in [1.807, 2.05) is 0 Å². The number of aromatic amines is 1. The standard InChI is InChI=1S/C17H19F3N2O/c1-10-4-3-5-11(2)22(10)12-6-7-15-13(8-12)14(17(18,19)20)9-16(23)21-15/h6-11H,3-5H2,1-2H3,(H,21,23)/t10-,11-/m1/s1. The predicted molar refractivity (Wildman–Crippen MR) is 84.8 cm³/mol. The third-order valence-electron chi connectivity index (χ3n) is 4.62. The normalized spacial score (nSPS) is 22.6. The van der Waals surface area contributed by atoms with Gasteiger partial charge in [0.15, 0.2) is 0 Å². The zero-order valence-corrected chi connectivity index (χ0v) is 13.1. The van der Waals surface area contributed by atoms with Crippen molar-refractivity contribution in [1.82, 2.24) is 4.98 Å². The Kier molecular flexibility index (Phi) is 3.86. The summed E-state index contributed by atoms with van der Waals surface area (Å²) in [6.07, 6.45) is -1.36. The SMILES string of the molecule is C[C@@H]1CCC[C@@H](C)N1c1ccc2[nH]c(=O)cc(C(F)(F)F)c2c1. The largest absolute Gasteiger partial charge is 0.417 e. The van der Waals surface area contributed by atoms with Crippen LogP contribution in [-0.2, 0) is 6.18 Å². The number of rotatable bonds is 1. The number of nitrogens with one attached hydrogen (secondary N) is 1. The highest BCUT2D eigenvalue weighted by atomic mass is 19.4. The van der Waals surface area contributed by atoms with E-state index < -0.39 is 17.3 Å². The Labute approximate surface area is 132 Å². The van der Waals surface area contributed by atoms with E-state index >= 15 is 0 Å². The Hall–Kier alpha value is -1.98. The molecule has 3 nitrogen and oxygen atoms in total. The van der Waals surface area contributed by atoms with Crippen LogP contribution in [0.2, 0.25) is 0 Å². The van der Waals surface area contributed by atoms with Crippen LogP contribution in [-0.4, -0.2) is 17.1 Å². The number of aromatic nitrogens is 1. The fraction of sp³-hybridized carbons (Fsp3) is 0.471. The van der Waals surface area contributed by atoms with Crippen LogP contribution in [0.1, 0.15) is 38.7 Å². The monoisotopic (exact) mass is 324 g/mol. The molecule has 0 aliphatic carbocycles. The van der Waals surface area contributed by atoms with Crippen molar-refractivity contribution in [1.29, 1.82) is 0 Å². The van der Waals surface area contributed by atoms with E-state index in [1.54, 1.807) is 18.2 Å². The van der Waals surface area contributed by atoms with Gasteiger partial charge in [-0.25, -0.2) is 0 Å². The van der Waals surface area contributed by atoms with Gasteiger partial charge in [-0.1, -0.05) is 0 Å². The molecule has 0 amide bonds. The van der Waals surface area contributed by atoms with Gasteiger partial charge < -0.3 is 9.88 Å². The average Bonchev–Trinajstić information content (AvgIpc) is 2.45. The molecule has 0 saturated carbocycles. The summed E-state index contributed by atoms with van der Waals surface area (Å²) in [4.78, 5) is 16.1. The molecule has 1 aromatic heterocycles. The number of halogens is 3. The lowest BCUT2D eigenvalue weighted by Gasteiger charge is -2.41. The van der Waals surface area contributed by atoms with Crippen molar-refractivity contribution in [2.75, 3.05) is 4.90 Å². The van der Waals surface area contributed by atoms with E-state index in [9.17, 15) is 18.0 Å². The van der Waals surface area contributed by atoms with Gasteiger partial charge in [0.2, 0.25) is 5.56 Å². The Balaban J connectivity index is 2.18. The number of nitrogens with zero attached hydrogens (tertiary/aromatic N) is 1. The molecule has 0 spiro atoms. The molecule has 0 bridgehead atoms. The topological polar surface area (TPSA) is 36.1 Å². The summed E-state index contributed by atoms with van der Waals surface area (Å²) in [5.74, 6) is 0. The minimum Gasteiger partial charge on any atom is -0.366 e. The molecule has 6 heteroatoms. The van der Waals surface area contributed by atoms with Crippen molar-refractivity contribution in [3.8, 4) is 0 Å². The molecule has 1 saturated heterocycles. The van der Waals surface area contributed by atoms with Crippen LogP contribution in [0.5, 0.6) is 0 Å². The molecule has 0 unspecified atom stereocenters. The molecule has 1 N–H and O–H groups in total. The number of piperidine rings is 1. The molecular formula is C17H19F3N2O. The Morgan fingerprint density at radius 1 is 1.13 bits per heavy atom. The fourth-order valence-corrected chi connectivity index (χ4v) is 3.57. The van der Waals surface area contributed by atoms with Gasteiger partial charge in [-0.15, -0.1) is 0 Å². The minimum absolute atomic E-state index is 0.0413. The minimum atomic E-state index is -4.55. The first-order valence-electron chi connectivity index (χ1n) is 7.80. The van der Waals surface area contributed by atoms with Crippen LogP contribution in [0.4, 0.5) is 18.9 Å². The first-order valence-corrected chi connectivity index (χ1v) is 7.80. The summed E-state index contributed by atoms with van der Waals surface area (Å²) >= 11 is 0. The van der Waals surface area contributed by atoms with Crippen molar-refractivity contribution in [3.05, 3.63) is 40.2 Å². The maximum Gasteiger partial charge on any atom is 0.417 e. The molecular weight excluding hydrogens is 305 g/mol. The molecule has 2 aromatic rings. The third-order valence-corrected chi connectivity index (χ3v) is 4.62. The van der Waals surface area contributed by atoms with E-state index in [1.165, 1.54) is 0 Å². The number of anilines is 1. The zero-order valence-electron chi connectivity index (χ0n) is 13.1. The Bertz CT molecular complexity index is 771. The van der Waals surface area contributed by atoms with Gasteiger partial charge in [-0.05, 0) is 51.3 Å². The predicted octanol–water partition coefficient (Wildman–Crippen LogP) is 4.31. The highest BCUT2D eigenvalue weighted by molar-refractivity contribution is 5.86. The van der Waals surface area contributed by atoms with E-state index in [-0.39, 0.29) is 23.0 Å². The molecule has 1 aliphatic heterocycles. The number of alkyl halides is 3. The van der Waals surface area contributed by atoms with E-state index in [0.29, 0.717) is 6.07 Å². The van der Waals surface area contributed by atoms with Crippen molar-refractivity contribution >= 4 is 16.6 Å². The number of benzene rings is 1. The van der Waals surface area contributed by atoms with Crippen LogP contribution >= 0.6 is 0 Å². The Morgan fingerprint density at radius 3 is 2.39 bits per heavy atom. The zero-order chi connectivity index (χ0) is 16.8. The summed E-state index contributed by atoms with van der Waals surface area (Å²) < 4.78 is 39.8. The van der Waals surface area contributed by atoms with Crippen LogP contribution in [0, 0.1) is 0 Å². The van der Waals surface area contributed by atoms with Gasteiger partial charge in [0.05, 0.1) is 5.56 Å². The smallest absolute Gasteiger partial charge is 0.366 e. The highest BCUT2D eigenvalue weighted by Gasteiger charge is 2.34. The van der Waals surface area contributed by atoms with E-state index in [4.69, 9.17) is 0 Å². The van der Waals surface area contributed by atoms with Crippen molar-refractivity contribution in [2.24, 2.45) is 0 Å². The summed E-state index contributed by atoms with van der Waals surface area (Å²) in [5.41, 5.74) is -0.631. The van der Waals surface area contributed by atoms with Crippen LogP contribution in [0.25, 0.3) is 10.9 Å².